The van der Waals surface area contributed by atoms with Crippen molar-refractivity contribution in [1.82, 2.24) is 15.2 Å². The molecule has 0 bridgehead atoms. The van der Waals surface area contributed by atoms with E-state index in [2.05, 4.69) is 15.3 Å². The summed E-state index contributed by atoms with van der Waals surface area (Å²) in [4.78, 5) is 11.5. The molecule has 2 aromatic rings. The first-order chi connectivity index (χ1) is 13.8. The molecule has 1 aliphatic heterocycles. The molecule has 0 saturated carbocycles. The smallest absolute Gasteiger partial charge is 0.366 e. The van der Waals surface area contributed by atoms with Gasteiger partial charge in [0.15, 0.2) is 11.7 Å². The number of aromatic nitrogens is 1. The van der Waals surface area contributed by atoms with Gasteiger partial charge < -0.3 is 15.1 Å². The molecule has 2 heterocycles. The lowest BCUT2D eigenvalue weighted by Gasteiger charge is -2.37. The van der Waals surface area contributed by atoms with Crippen molar-refractivity contribution in [2.24, 2.45) is 4.99 Å². The molecule has 0 atom stereocenters. The van der Waals surface area contributed by atoms with E-state index in [0.29, 0.717) is 50.1 Å². The molecular weight excluding hydrogens is 413 g/mol. The van der Waals surface area contributed by atoms with Crippen LogP contribution in [-0.2, 0) is 12.6 Å². The van der Waals surface area contributed by atoms with Crippen LogP contribution in [0.5, 0.6) is 0 Å². The second kappa shape index (κ2) is 8.93. The molecule has 1 aliphatic rings. The van der Waals surface area contributed by atoms with Crippen molar-refractivity contribution in [3.8, 4) is 0 Å². The Morgan fingerprint density at radius 1 is 1.21 bits per heavy atom. The molecule has 1 N–H and O–H groups in total. The first-order valence-corrected chi connectivity index (χ1v) is 9.83. The zero-order chi connectivity index (χ0) is 21.0. The fourth-order valence-electron chi connectivity index (χ4n) is 3.06. The van der Waals surface area contributed by atoms with Crippen molar-refractivity contribution in [2.75, 3.05) is 44.7 Å². The molecule has 29 heavy (non-hydrogen) atoms. The lowest BCUT2D eigenvalue weighted by atomic mass is 10.2. The van der Waals surface area contributed by atoms with Crippen molar-refractivity contribution >= 4 is 23.0 Å². The van der Waals surface area contributed by atoms with Gasteiger partial charge in [-0.3, -0.25) is 4.99 Å². The van der Waals surface area contributed by atoms with Gasteiger partial charge in [0.25, 0.3) is 0 Å². The van der Waals surface area contributed by atoms with Crippen LogP contribution < -0.4 is 10.2 Å². The van der Waals surface area contributed by atoms with Crippen LogP contribution in [0.4, 0.5) is 27.6 Å². The van der Waals surface area contributed by atoms with E-state index < -0.39 is 23.5 Å². The fourth-order valence-corrected chi connectivity index (χ4v) is 3.86. The monoisotopic (exact) mass is 433 g/mol. The summed E-state index contributed by atoms with van der Waals surface area (Å²) < 4.78 is 65.2. The maximum Gasteiger partial charge on any atom is 0.434 e. The van der Waals surface area contributed by atoms with E-state index in [-0.39, 0.29) is 5.69 Å². The summed E-state index contributed by atoms with van der Waals surface area (Å²) in [6.07, 6.45) is -4.09. The second-order valence-electron chi connectivity index (χ2n) is 6.42. The van der Waals surface area contributed by atoms with Crippen molar-refractivity contribution in [3.63, 3.8) is 0 Å². The Hall–Kier alpha value is -2.43. The first kappa shape index (κ1) is 21.3. The molecule has 1 aromatic heterocycles. The standard InChI is InChI=1S/C18H20F5N5S/c1-24-17(25-5-4-16-26-15(11-29-16)18(21,22)23)28-8-6-27(7-9-28)14-10-12(19)2-3-13(14)20/h2-3,10-11H,4-9H2,1H3,(H,24,25). The lowest BCUT2D eigenvalue weighted by Crippen LogP contribution is -2.53. The zero-order valence-electron chi connectivity index (χ0n) is 15.6. The second-order valence-corrected chi connectivity index (χ2v) is 7.36. The van der Waals surface area contributed by atoms with Crippen molar-refractivity contribution in [3.05, 3.63) is 45.9 Å². The van der Waals surface area contributed by atoms with E-state index in [4.69, 9.17) is 0 Å². The third-order valence-corrected chi connectivity index (χ3v) is 5.41. The minimum absolute atomic E-state index is 0.233. The van der Waals surface area contributed by atoms with Crippen LogP contribution in [0.25, 0.3) is 0 Å². The SMILES string of the molecule is CN=C(NCCc1nc(C(F)(F)F)cs1)N1CCN(c2cc(F)ccc2F)CC1. The van der Waals surface area contributed by atoms with Gasteiger partial charge in [0, 0.05) is 57.6 Å². The van der Waals surface area contributed by atoms with Gasteiger partial charge in [0.2, 0.25) is 0 Å². The van der Waals surface area contributed by atoms with Gasteiger partial charge in [-0.05, 0) is 12.1 Å². The molecule has 158 valence electrons. The number of aliphatic imine (C=N–C) groups is 1. The van der Waals surface area contributed by atoms with Crippen LogP contribution in [0.3, 0.4) is 0 Å². The van der Waals surface area contributed by atoms with Crippen LogP contribution in [0.15, 0.2) is 28.6 Å². The number of hydrogen-bond donors (Lipinski definition) is 1. The molecule has 11 heteroatoms. The third kappa shape index (κ3) is 5.34. The van der Waals surface area contributed by atoms with E-state index in [0.717, 1.165) is 28.8 Å². The lowest BCUT2D eigenvalue weighted by molar-refractivity contribution is -0.140. The maximum atomic E-state index is 13.9. The highest BCUT2D eigenvalue weighted by atomic mass is 32.1. The summed E-state index contributed by atoms with van der Waals surface area (Å²) in [5.74, 6) is -0.349. The highest BCUT2D eigenvalue weighted by Crippen LogP contribution is 2.30. The number of guanidine groups is 1. The molecule has 0 radical (unpaired) electrons. The summed E-state index contributed by atoms with van der Waals surface area (Å²) in [5, 5.41) is 4.52. The number of nitrogens with one attached hydrogen (secondary N) is 1. The molecular formula is C18H20F5N5S. The highest BCUT2D eigenvalue weighted by molar-refractivity contribution is 7.09. The van der Waals surface area contributed by atoms with Crippen molar-refractivity contribution < 1.29 is 22.0 Å². The number of benzene rings is 1. The summed E-state index contributed by atoms with van der Waals surface area (Å²) >= 11 is 0.974. The number of rotatable bonds is 4. The van der Waals surface area contributed by atoms with Crippen LogP contribution >= 0.6 is 11.3 Å². The minimum atomic E-state index is -4.43. The predicted molar refractivity (Wildman–Crippen MR) is 102 cm³/mol. The Balaban J connectivity index is 1.50. The minimum Gasteiger partial charge on any atom is -0.366 e. The number of thiazole rings is 1. The number of anilines is 1. The molecule has 0 unspecified atom stereocenters. The van der Waals surface area contributed by atoms with E-state index in [1.54, 1.807) is 11.9 Å². The molecule has 0 aliphatic carbocycles. The quantitative estimate of drug-likeness (QED) is 0.456. The predicted octanol–water partition coefficient (Wildman–Crippen LogP) is 3.38. The van der Waals surface area contributed by atoms with Gasteiger partial charge in [-0.1, -0.05) is 0 Å². The average molecular weight is 433 g/mol. The van der Waals surface area contributed by atoms with Gasteiger partial charge in [-0.2, -0.15) is 13.2 Å². The summed E-state index contributed by atoms with van der Waals surface area (Å²) in [5.41, 5.74) is -0.639. The van der Waals surface area contributed by atoms with Crippen LogP contribution in [0.2, 0.25) is 0 Å². The zero-order valence-corrected chi connectivity index (χ0v) is 16.5. The van der Waals surface area contributed by atoms with Crippen LogP contribution in [-0.4, -0.2) is 55.6 Å². The Labute approximate surface area is 168 Å². The van der Waals surface area contributed by atoms with E-state index in [1.807, 2.05) is 4.90 Å². The van der Waals surface area contributed by atoms with Gasteiger partial charge >= 0.3 is 6.18 Å². The highest BCUT2D eigenvalue weighted by Gasteiger charge is 2.33. The largest absolute Gasteiger partial charge is 0.434 e. The van der Waals surface area contributed by atoms with Crippen molar-refractivity contribution in [1.29, 1.82) is 0 Å². The summed E-state index contributed by atoms with van der Waals surface area (Å²) in [6, 6.07) is 3.38. The maximum absolute atomic E-state index is 13.9. The van der Waals surface area contributed by atoms with E-state index in [9.17, 15) is 22.0 Å². The molecule has 5 nitrogen and oxygen atoms in total. The van der Waals surface area contributed by atoms with Crippen molar-refractivity contribution in [2.45, 2.75) is 12.6 Å². The first-order valence-electron chi connectivity index (χ1n) is 8.95. The fraction of sp³-hybridized carbons (Fsp3) is 0.444. The molecule has 1 saturated heterocycles. The van der Waals surface area contributed by atoms with Gasteiger partial charge in [-0.25, -0.2) is 13.8 Å². The molecule has 1 aromatic carbocycles. The summed E-state index contributed by atoms with van der Waals surface area (Å²) in [6.45, 7) is 2.46. The molecule has 1 fully saturated rings. The van der Waals surface area contributed by atoms with Gasteiger partial charge in [-0.15, -0.1) is 11.3 Å². The Bertz CT molecular complexity index is 859. The topological polar surface area (TPSA) is 43.8 Å². The van der Waals surface area contributed by atoms with E-state index in [1.165, 1.54) is 6.07 Å². The molecule has 0 spiro atoms. The van der Waals surface area contributed by atoms with Crippen LogP contribution in [0.1, 0.15) is 10.7 Å². The summed E-state index contributed by atoms with van der Waals surface area (Å²) in [7, 11) is 1.62. The number of alkyl halides is 3. The normalized spacial score (nSPS) is 15.7. The Morgan fingerprint density at radius 3 is 2.55 bits per heavy atom. The van der Waals surface area contributed by atoms with Gasteiger partial charge in [0.1, 0.15) is 11.6 Å². The molecule has 0 amide bonds. The number of nitrogens with zero attached hydrogens (tertiary/aromatic N) is 4. The molecule has 3 rings (SSSR count). The van der Waals surface area contributed by atoms with Crippen LogP contribution in [0, 0.1) is 11.6 Å². The Morgan fingerprint density at radius 2 is 1.93 bits per heavy atom. The van der Waals surface area contributed by atoms with Gasteiger partial charge in [0.05, 0.1) is 10.7 Å². The Kier molecular flexibility index (Phi) is 6.56. The number of piperazine rings is 1. The van der Waals surface area contributed by atoms with E-state index >= 15 is 0 Å². The number of halogens is 5. The number of hydrogen-bond acceptors (Lipinski definition) is 4. The third-order valence-electron chi connectivity index (χ3n) is 4.50. The average Bonchev–Trinajstić information content (AvgIpc) is 3.17.